The Kier molecular flexibility index (Phi) is 5.60. The average molecular weight is 387 g/mol. The number of benzene rings is 2. The van der Waals surface area contributed by atoms with Crippen LogP contribution in [0.25, 0.3) is 0 Å². The van der Waals surface area contributed by atoms with Crippen LogP contribution in [0.3, 0.4) is 0 Å². The standard InChI is InChI=1S/C17H16F3NO4S/c1-11(12-5-9-15(10-6-12)26(2,23)24)21-16(22)13-3-7-14(8-4-13)25-17(18,19)20/h3-11H,1-2H3,(H,21,22). The van der Waals surface area contributed by atoms with E-state index in [1.165, 1.54) is 24.3 Å². The molecule has 0 aliphatic heterocycles. The molecule has 0 fully saturated rings. The summed E-state index contributed by atoms with van der Waals surface area (Å²) in [5, 5.41) is 2.69. The van der Waals surface area contributed by atoms with Crippen molar-refractivity contribution in [1.29, 1.82) is 0 Å². The third-order valence-electron chi connectivity index (χ3n) is 3.51. The number of nitrogens with one attached hydrogen (secondary N) is 1. The van der Waals surface area contributed by atoms with Gasteiger partial charge in [0.05, 0.1) is 10.9 Å². The fourth-order valence-electron chi connectivity index (χ4n) is 2.17. The smallest absolute Gasteiger partial charge is 0.406 e. The molecular formula is C17H16F3NO4S. The summed E-state index contributed by atoms with van der Waals surface area (Å²) >= 11 is 0. The highest BCUT2D eigenvalue weighted by atomic mass is 32.2. The lowest BCUT2D eigenvalue weighted by Gasteiger charge is -2.15. The lowest BCUT2D eigenvalue weighted by atomic mass is 10.1. The van der Waals surface area contributed by atoms with Crippen molar-refractivity contribution in [2.24, 2.45) is 0 Å². The highest BCUT2D eigenvalue weighted by Gasteiger charge is 2.31. The van der Waals surface area contributed by atoms with Gasteiger partial charge in [-0.2, -0.15) is 0 Å². The van der Waals surface area contributed by atoms with Crippen molar-refractivity contribution in [2.45, 2.75) is 24.2 Å². The van der Waals surface area contributed by atoms with Crippen molar-refractivity contribution in [3.63, 3.8) is 0 Å². The van der Waals surface area contributed by atoms with Crippen molar-refractivity contribution in [3.8, 4) is 5.75 Å². The van der Waals surface area contributed by atoms with Gasteiger partial charge < -0.3 is 10.1 Å². The molecule has 0 saturated heterocycles. The van der Waals surface area contributed by atoms with E-state index in [1.54, 1.807) is 19.1 Å². The maximum absolute atomic E-state index is 12.2. The summed E-state index contributed by atoms with van der Waals surface area (Å²) in [6.07, 6.45) is -3.70. The zero-order valence-corrected chi connectivity index (χ0v) is 14.7. The molecule has 1 N–H and O–H groups in total. The molecule has 2 rings (SSSR count). The SMILES string of the molecule is CC(NC(=O)c1ccc(OC(F)(F)F)cc1)c1ccc(S(C)(=O)=O)cc1. The summed E-state index contributed by atoms with van der Waals surface area (Å²) in [4.78, 5) is 12.3. The molecule has 0 bridgehead atoms. The van der Waals surface area contributed by atoms with Gasteiger partial charge >= 0.3 is 6.36 Å². The van der Waals surface area contributed by atoms with Gasteiger partial charge in [-0.3, -0.25) is 4.79 Å². The maximum atomic E-state index is 12.2. The Bertz CT molecular complexity index is 876. The highest BCUT2D eigenvalue weighted by Crippen LogP contribution is 2.23. The molecule has 1 amide bonds. The van der Waals surface area contributed by atoms with Crippen LogP contribution < -0.4 is 10.1 Å². The van der Waals surface area contributed by atoms with E-state index >= 15 is 0 Å². The molecular weight excluding hydrogens is 371 g/mol. The molecule has 2 aromatic rings. The average Bonchev–Trinajstić information content (AvgIpc) is 2.53. The minimum atomic E-state index is -4.80. The quantitative estimate of drug-likeness (QED) is 0.853. The number of sulfone groups is 1. The van der Waals surface area contributed by atoms with Gasteiger partial charge in [0.1, 0.15) is 5.75 Å². The van der Waals surface area contributed by atoms with Gasteiger partial charge in [0, 0.05) is 11.8 Å². The van der Waals surface area contributed by atoms with Gasteiger partial charge in [-0.1, -0.05) is 12.1 Å². The molecule has 0 radical (unpaired) electrons. The molecule has 140 valence electrons. The van der Waals surface area contributed by atoms with Crippen LogP contribution in [0.2, 0.25) is 0 Å². The molecule has 5 nitrogen and oxygen atoms in total. The number of carbonyl (C=O) groups is 1. The van der Waals surface area contributed by atoms with Crippen LogP contribution in [-0.2, 0) is 9.84 Å². The van der Waals surface area contributed by atoms with Gasteiger partial charge in [-0.05, 0) is 48.9 Å². The second-order valence-corrected chi connectivity index (χ2v) is 7.62. The van der Waals surface area contributed by atoms with Crippen LogP contribution >= 0.6 is 0 Å². The molecule has 0 spiro atoms. The van der Waals surface area contributed by atoms with Gasteiger partial charge in [-0.15, -0.1) is 13.2 Å². The van der Waals surface area contributed by atoms with E-state index in [2.05, 4.69) is 10.1 Å². The molecule has 0 aromatic heterocycles. The molecule has 0 aliphatic rings. The van der Waals surface area contributed by atoms with E-state index in [9.17, 15) is 26.4 Å². The van der Waals surface area contributed by atoms with E-state index in [1.807, 2.05) is 0 Å². The fourth-order valence-corrected chi connectivity index (χ4v) is 2.81. The van der Waals surface area contributed by atoms with Crippen LogP contribution in [0.1, 0.15) is 28.9 Å². The van der Waals surface area contributed by atoms with Crippen LogP contribution in [0.4, 0.5) is 13.2 Å². The highest BCUT2D eigenvalue weighted by molar-refractivity contribution is 7.90. The lowest BCUT2D eigenvalue weighted by Crippen LogP contribution is -2.26. The first-order valence-corrected chi connectivity index (χ1v) is 9.31. The van der Waals surface area contributed by atoms with Crippen molar-refractivity contribution < 1.29 is 31.1 Å². The van der Waals surface area contributed by atoms with E-state index in [0.29, 0.717) is 5.56 Å². The van der Waals surface area contributed by atoms with Crippen LogP contribution in [-0.4, -0.2) is 26.9 Å². The molecule has 2 aromatic carbocycles. The van der Waals surface area contributed by atoms with Gasteiger partial charge in [0.25, 0.3) is 5.91 Å². The summed E-state index contributed by atoms with van der Waals surface area (Å²) in [6.45, 7) is 1.70. The normalized spacial score (nSPS) is 13.1. The Labute approximate surface area is 148 Å². The summed E-state index contributed by atoms with van der Waals surface area (Å²) in [6, 6.07) is 10.2. The third kappa shape index (κ3) is 5.48. The van der Waals surface area contributed by atoms with Crippen molar-refractivity contribution in [1.82, 2.24) is 5.32 Å². The predicted octanol–water partition coefficient (Wildman–Crippen LogP) is 3.48. The molecule has 26 heavy (non-hydrogen) atoms. The van der Waals surface area contributed by atoms with Gasteiger partial charge in [0.15, 0.2) is 9.84 Å². The van der Waals surface area contributed by atoms with E-state index < -0.39 is 33.9 Å². The number of amides is 1. The van der Waals surface area contributed by atoms with Crippen LogP contribution in [0.15, 0.2) is 53.4 Å². The summed E-state index contributed by atoms with van der Waals surface area (Å²) in [7, 11) is -3.31. The molecule has 1 unspecified atom stereocenters. The zero-order chi connectivity index (χ0) is 19.5. The fraction of sp³-hybridized carbons (Fsp3) is 0.235. The number of alkyl halides is 3. The zero-order valence-electron chi connectivity index (χ0n) is 13.9. The van der Waals surface area contributed by atoms with E-state index in [0.717, 1.165) is 18.4 Å². The topological polar surface area (TPSA) is 72.5 Å². The predicted molar refractivity (Wildman–Crippen MR) is 88.6 cm³/mol. The minimum Gasteiger partial charge on any atom is -0.406 e. The number of carbonyl (C=O) groups excluding carboxylic acids is 1. The number of rotatable bonds is 5. The summed E-state index contributed by atoms with van der Waals surface area (Å²) in [5.41, 5.74) is 0.849. The molecule has 9 heteroatoms. The second-order valence-electron chi connectivity index (χ2n) is 5.61. The van der Waals surface area contributed by atoms with Crippen molar-refractivity contribution in [2.75, 3.05) is 6.26 Å². The van der Waals surface area contributed by atoms with Gasteiger partial charge in [-0.25, -0.2) is 8.42 Å². The van der Waals surface area contributed by atoms with E-state index in [-0.39, 0.29) is 10.5 Å². The summed E-state index contributed by atoms with van der Waals surface area (Å²) < 4.78 is 63.0. The number of hydrogen-bond acceptors (Lipinski definition) is 4. The Hall–Kier alpha value is -2.55. The van der Waals surface area contributed by atoms with Crippen molar-refractivity contribution >= 4 is 15.7 Å². The number of hydrogen-bond donors (Lipinski definition) is 1. The Morgan fingerprint density at radius 2 is 1.58 bits per heavy atom. The second kappa shape index (κ2) is 7.36. The van der Waals surface area contributed by atoms with Crippen LogP contribution in [0.5, 0.6) is 5.75 Å². The monoisotopic (exact) mass is 387 g/mol. The first-order valence-electron chi connectivity index (χ1n) is 7.42. The van der Waals surface area contributed by atoms with E-state index in [4.69, 9.17) is 0 Å². The molecule has 0 aliphatic carbocycles. The Morgan fingerprint density at radius 1 is 1.04 bits per heavy atom. The van der Waals surface area contributed by atoms with Crippen LogP contribution in [0, 0.1) is 0 Å². The maximum Gasteiger partial charge on any atom is 0.573 e. The summed E-state index contributed by atoms with van der Waals surface area (Å²) in [5.74, 6) is -0.901. The first-order chi connectivity index (χ1) is 12.0. The first kappa shape index (κ1) is 19.8. The molecule has 0 saturated carbocycles. The molecule has 1 atom stereocenters. The Balaban J connectivity index is 2.04. The minimum absolute atomic E-state index is 0.166. The third-order valence-corrected chi connectivity index (χ3v) is 4.63. The number of halogens is 3. The number of ether oxygens (including phenoxy) is 1. The Morgan fingerprint density at radius 3 is 2.04 bits per heavy atom. The lowest BCUT2D eigenvalue weighted by molar-refractivity contribution is -0.274. The van der Waals surface area contributed by atoms with Gasteiger partial charge in [0.2, 0.25) is 0 Å². The molecule has 0 heterocycles. The largest absolute Gasteiger partial charge is 0.573 e. The van der Waals surface area contributed by atoms with Crippen molar-refractivity contribution in [3.05, 3.63) is 59.7 Å².